The van der Waals surface area contributed by atoms with E-state index in [2.05, 4.69) is 23.5 Å². The average Bonchev–Trinajstić information content (AvgIpc) is 2.76. The maximum atomic E-state index is 10.4. The molecule has 1 aromatic carbocycles. The second-order valence-corrected chi connectivity index (χ2v) is 5.23. The van der Waals surface area contributed by atoms with Crippen molar-refractivity contribution in [2.24, 2.45) is 0 Å². The molecular weight excluding hydrogens is 214 g/mol. The van der Waals surface area contributed by atoms with Crippen LogP contribution in [0, 0.1) is 0 Å². The first-order valence-corrected chi connectivity index (χ1v) is 6.37. The van der Waals surface area contributed by atoms with Crippen LogP contribution in [0.2, 0.25) is 0 Å². The number of aliphatic hydroxyl groups is 1. The molecule has 0 spiro atoms. The first-order valence-electron chi connectivity index (χ1n) is 6.37. The molecule has 1 unspecified atom stereocenters. The van der Waals surface area contributed by atoms with E-state index in [9.17, 15) is 5.11 Å². The Balaban J connectivity index is 1.79. The minimum absolute atomic E-state index is 0.542. The molecule has 17 heavy (non-hydrogen) atoms. The zero-order valence-corrected chi connectivity index (χ0v) is 10.0. The zero-order chi connectivity index (χ0) is 11.7. The molecule has 0 aromatic heterocycles. The molecule has 2 N–H and O–H groups in total. The van der Waals surface area contributed by atoms with Crippen LogP contribution in [0.25, 0.3) is 0 Å². The molecule has 0 bridgehead atoms. The lowest BCUT2D eigenvalue weighted by Gasteiger charge is -2.23. The number of ether oxygens (including phenoxy) is 1. The van der Waals surface area contributed by atoms with E-state index in [1.165, 1.54) is 16.7 Å². The van der Waals surface area contributed by atoms with E-state index in [1.807, 2.05) is 0 Å². The van der Waals surface area contributed by atoms with Crippen molar-refractivity contribution in [3.05, 3.63) is 34.9 Å². The van der Waals surface area contributed by atoms with Crippen molar-refractivity contribution in [2.45, 2.75) is 31.5 Å². The number of hydrogen-bond donors (Lipinski definition) is 2. The molecule has 0 saturated carbocycles. The van der Waals surface area contributed by atoms with Gasteiger partial charge < -0.3 is 15.2 Å². The molecule has 0 amide bonds. The largest absolute Gasteiger partial charge is 0.388 e. The molecule has 1 aromatic rings. The van der Waals surface area contributed by atoms with Gasteiger partial charge in [-0.15, -0.1) is 0 Å². The third-order valence-corrected chi connectivity index (χ3v) is 3.80. The minimum atomic E-state index is -0.542. The highest BCUT2D eigenvalue weighted by Crippen LogP contribution is 2.24. The van der Waals surface area contributed by atoms with E-state index in [1.54, 1.807) is 0 Å². The molecule has 0 aliphatic carbocycles. The van der Waals surface area contributed by atoms with Crippen molar-refractivity contribution >= 4 is 0 Å². The number of rotatable bonds is 2. The highest BCUT2D eigenvalue weighted by molar-refractivity contribution is 5.33. The number of benzene rings is 1. The molecule has 2 aliphatic heterocycles. The lowest BCUT2D eigenvalue weighted by molar-refractivity contribution is 0.0618. The Bertz CT molecular complexity index is 411. The van der Waals surface area contributed by atoms with Gasteiger partial charge in [-0.1, -0.05) is 18.2 Å². The van der Waals surface area contributed by atoms with Crippen LogP contribution in [0.1, 0.15) is 23.1 Å². The average molecular weight is 233 g/mol. The quantitative estimate of drug-likeness (QED) is 0.801. The summed E-state index contributed by atoms with van der Waals surface area (Å²) >= 11 is 0. The normalized spacial score (nSPS) is 28.1. The van der Waals surface area contributed by atoms with Gasteiger partial charge in [0.05, 0.1) is 18.8 Å². The van der Waals surface area contributed by atoms with Crippen molar-refractivity contribution in [1.82, 2.24) is 5.32 Å². The Labute approximate surface area is 102 Å². The zero-order valence-electron chi connectivity index (χ0n) is 10.0. The summed E-state index contributed by atoms with van der Waals surface area (Å²) in [5.41, 5.74) is 3.40. The van der Waals surface area contributed by atoms with Gasteiger partial charge in [0.1, 0.15) is 0 Å². The van der Waals surface area contributed by atoms with Crippen LogP contribution in [0.4, 0.5) is 0 Å². The predicted molar refractivity (Wildman–Crippen MR) is 65.9 cm³/mol. The van der Waals surface area contributed by atoms with E-state index in [0.29, 0.717) is 6.54 Å². The predicted octanol–water partition coefficient (Wildman–Crippen LogP) is 1.03. The standard InChI is InChI=1S/C14H19NO2/c16-14(4-5-15-10-14)8-11-1-2-13-9-17-6-3-12(13)7-11/h1-2,7,15-16H,3-6,8-10H2. The summed E-state index contributed by atoms with van der Waals surface area (Å²) in [6.45, 7) is 3.20. The van der Waals surface area contributed by atoms with Crippen LogP contribution < -0.4 is 5.32 Å². The van der Waals surface area contributed by atoms with E-state index in [4.69, 9.17) is 4.74 Å². The molecule has 1 fully saturated rings. The van der Waals surface area contributed by atoms with Crippen molar-refractivity contribution in [3.8, 4) is 0 Å². The molecule has 1 saturated heterocycles. The van der Waals surface area contributed by atoms with Gasteiger partial charge in [0.2, 0.25) is 0 Å². The molecule has 3 rings (SSSR count). The molecule has 1 atom stereocenters. The summed E-state index contributed by atoms with van der Waals surface area (Å²) in [4.78, 5) is 0. The summed E-state index contributed by atoms with van der Waals surface area (Å²) < 4.78 is 5.43. The first-order chi connectivity index (χ1) is 8.25. The highest BCUT2D eigenvalue weighted by Gasteiger charge is 2.31. The Morgan fingerprint density at radius 2 is 2.29 bits per heavy atom. The number of hydrogen-bond acceptors (Lipinski definition) is 3. The van der Waals surface area contributed by atoms with Gasteiger partial charge in [-0.2, -0.15) is 0 Å². The third-order valence-electron chi connectivity index (χ3n) is 3.80. The molecule has 2 aliphatic rings. The Morgan fingerprint density at radius 1 is 1.35 bits per heavy atom. The van der Waals surface area contributed by atoms with Gasteiger partial charge in [-0.3, -0.25) is 0 Å². The van der Waals surface area contributed by atoms with Crippen molar-refractivity contribution in [2.75, 3.05) is 19.7 Å². The summed E-state index contributed by atoms with van der Waals surface area (Å²) in [5, 5.41) is 13.6. The molecule has 2 heterocycles. The van der Waals surface area contributed by atoms with E-state index >= 15 is 0 Å². The number of β-amino-alcohol motifs (C(OH)–C–C–N with tert-alkyl or cyclic N) is 1. The van der Waals surface area contributed by atoms with Crippen LogP contribution in [-0.2, 0) is 24.2 Å². The third kappa shape index (κ3) is 2.37. The van der Waals surface area contributed by atoms with Gasteiger partial charge in [-0.05, 0) is 36.1 Å². The van der Waals surface area contributed by atoms with Crippen LogP contribution in [0.5, 0.6) is 0 Å². The van der Waals surface area contributed by atoms with Gasteiger partial charge in [0.25, 0.3) is 0 Å². The van der Waals surface area contributed by atoms with E-state index in [-0.39, 0.29) is 0 Å². The summed E-state index contributed by atoms with van der Waals surface area (Å²) in [6, 6.07) is 6.52. The van der Waals surface area contributed by atoms with Crippen molar-refractivity contribution in [1.29, 1.82) is 0 Å². The Morgan fingerprint density at radius 3 is 3.12 bits per heavy atom. The lowest BCUT2D eigenvalue weighted by Crippen LogP contribution is -2.33. The fraction of sp³-hybridized carbons (Fsp3) is 0.571. The number of fused-ring (bicyclic) bond motifs is 1. The molecule has 3 heteroatoms. The highest BCUT2D eigenvalue weighted by atomic mass is 16.5. The Hall–Kier alpha value is -0.900. The fourth-order valence-corrected chi connectivity index (χ4v) is 2.79. The SMILES string of the molecule is OC1(Cc2ccc3c(c2)CCOC3)CCNC1. The van der Waals surface area contributed by atoms with E-state index in [0.717, 1.165) is 39.0 Å². The van der Waals surface area contributed by atoms with Gasteiger partial charge >= 0.3 is 0 Å². The monoisotopic (exact) mass is 233 g/mol. The minimum Gasteiger partial charge on any atom is -0.388 e. The molecule has 0 radical (unpaired) electrons. The first kappa shape index (κ1) is 11.2. The fourth-order valence-electron chi connectivity index (χ4n) is 2.79. The van der Waals surface area contributed by atoms with Crippen molar-refractivity contribution < 1.29 is 9.84 Å². The van der Waals surface area contributed by atoms with Gasteiger partial charge in [0.15, 0.2) is 0 Å². The number of nitrogens with one attached hydrogen (secondary N) is 1. The van der Waals surface area contributed by atoms with Crippen LogP contribution in [0.3, 0.4) is 0 Å². The van der Waals surface area contributed by atoms with Crippen LogP contribution >= 0.6 is 0 Å². The van der Waals surface area contributed by atoms with Crippen molar-refractivity contribution in [3.63, 3.8) is 0 Å². The van der Waals surface area contributed by atoms with Gasteiger partial charge in [-0.25, -0.2) is 0 Å². The van der Waals surface area contributed by atoms with Crippen LogP contribution in [0.15, 0.2) is 18.2 Å². The van der Waals surface area contributed by atoms with E-state index < -0.39 is 5.60 Å². The summed E-state index contributed by atoms with van der Waals surface area (Å²) in [7, 11) is 0. The maximum absolute atomic E-state index is 10.4. The smallest absolute Gasteiger partial charge is 0.0823 e. The van der Waals surface area contributed by atoms with Crippen LogP contribution in [-0.4, -0.2) is 30.4 Å². The molecule has 3 nitrogen and oxygen atoms in total. The lowest BCUT2D eigenvalue weighted by atomic mass is 9.91. The molecule has 92 valence electrons. The van der Waals surface area contributed by atoms with Gasteiger partial charge in [0, 0.05) is 13.0 Å². The summed E-state index contributed by atoms with van der Waals surface area (Å²) in [5.74, 6) is 0. The topological polar surface area (TPSA) is 41.5 Å². The maximum Gasteiger partial charge on any atom is 0.0823 e. The summed E-state index contributed by atoms with van der Waals surface area (Å²) in [6.07, 6.45) is 2.61. The molecular formula is C14H19NO2. The Kier molecular flexibility index (Phi) is 2.90. The second kappa shape index (κ2) is 4.41. The second-order valence-electron chi connectivity index (χ2n) is 5.23.